The highest BCUT2D eigenvalue weighted by atomic mass is 32.1. The molecule has 2 fully saturated rings. The molecule has 1 saturated heterocycles. The molecule has 1 aromatic carbocycles. The zero-order chi connectivity index (χ0) is 20.7. The number of ether oxygens (including phenoxy) is 1. The second-order valence-corrected chi connectivity index (χ2v) is 9.91. The number of piperidine rings is 1. The molecule has 1 atom stereocenters. The summed E-state index contributed by atoms with van der Waals surface area (Å²) in [6.07, 6.45) is 5.16. The second-order valence-electron chi connectivity index (χ2n) is 8.99. The second kappa shape index (κ2) is 7.73. The largest absolute Gasteiger partial charge is 0.487 e. The summed E-state index contributed by atoms with van der Waals surface area (Å²) in [7, 11) is 0. The Balaban J connectivity index is 1.30. The minimum absolute atomic E-state index is 0.133. The molecule has 5 rings (SSSR count). The molecular weight excluding hydrogens is 396 g/mol. The van der Waals surface area contributed by atoms with E-state index in [1.54, 1.807) is 0 Å². The minimum Gasteiger partial charge on any atom is -0.487 e. The van der Waals surface area contributed by atoms with Crippen LogP contribution in [0.4, 0.5) is 0 Å². The summed E-state index contributed by atoms with van der Waals surface area (Å²) in [6.45, 7) is 3.38. The van der Waals surface area contributed by atoms with E-state index in [2.05, 4.69) is 11.4 Å². The van der Waals surface area contributed by atoms with E-state index < -0.39 is 0 Å². The van der Waals surface area contributed by atoms with Crippen LogP contribution in [-0.2, 0) is 4.79 Å². The zero-order valence-electron chi connectivity index (χ0n) is 17.4. The van der Waals surface area contributed by atoms with E-state index in [9.17, 15) is 9.59 Å². The van der Waals surface area contributed by atoms with Crippen molar-refractivity contribution in [1.29, 1.82) is 0 Å². The van der Waals surface area contributed by atoms with Crippen molar-refractivity contribution in [2.75, 3.05) is 13.1 Å². The third kappa shape index (κ3) is 3.85. The van der Waals surface area contributed by atoms with E-state index in [-0.39, 0.29) is 23.3 Å². The molecule has 6 heteroatoms. The monoisotopic (exact) mass is 424 g/mol. The van der Waals surface area contributed by atoms with Crippen molar-refractivity contribution in [3.63, 3.8) is 0 Å². The maximum atomic E-state index is 12.9. The summed E-state index contributed by atoms with van der Waals surface area (Å²) in [4.78, 5) is 28.3. The summed E-state index contributed by atoms with van der Waals surface area (Å²) in [5.41, 5.74) is 1.90. The van der Waals surface area contributed by atoms with E-state index >= 15 is 0 Å². The number of nitrogens with zero attached hydrogens (tertiary/aromatic N) is 1. The Morgan fingerprint density at radius 2 is 1.97 bits per heavy atom. The summed E-state index contributed by atoms with van der Waals surface area (Å²) in [5.74, 6) is 1.35. The molecule has 158 valence electrons. The molecule has 1 aromatic heterocycles. The predicted molar refractivity (Wildman–Crippen MR) is 117 cm³/mol. The Kier molecular flexibility index (Phi) is 5.05. The van der Waals surface area contributed by atoms with Crippen LogP contribution in [0.2, 0.25) is 0 Å². The van der Waals surface area contributed by atoms with Crippen LogP contribution in [-0.4, -0.2) is 41.4 Å². The fourth-order valence-electron chi connectivity index (χ4n) is 4.82. The molecule has 30 heavy (non-hydrogen) atoms. The fraction of sp³-hybridized carbons (Fsp3) is 0.500. The standard InChI is InChI=1S/C24H28N2O3S/c1-16-8-13-30-22(16)23(28)26-11-9-24(10-12-26)15-17(14-21(27)25-18-6-7-18)19-4-2-3-5-20(19)29-24/h2-5,8,13,17-18H,6-7,9-12,14-15H2,1H3,(H,25,27)/t17-/m0/s1. The van der Waals surface area contributed by atoms with Gasteiger partial charge >= 0.3 is 0 Å². The first-order valence-electron chi connectivity index (χ1n) is 10.9. The molecule has 2 aromatic rings. The smallest absolute Gasteiger partial charge is 0.264 e. The maximum absolute atomic E-state index is 12.9. The number of carbonyl (C=O) groups excluding carboxylic acids is 2. The molecule has 2 aliphatic heterocycles. The highest BCUT2D eigenvalue weighted by Crippen LogP contribution is 2.46. The van der Waals surface area contributed by atoms with Crippen molar-refractivity contribution in [2.45, 2.75) is 63.0 Å². The van der Waals surface area contributed by atoms with Gasteiger partial charge in [0, 0.05) is 44.3 Å². The molecule has 1 spiro atoms. The summed E-state index contributed by atoms with van der Waals surface area (Å²) in [5, 5.41) is 5.11. The van der Waals surface area contributed by atoms with Crippen LogP contribution >= 0.6 is 11.3 Å². The predicted octanol–water partition coefficient (Wildman–Crippen LogP) is 4.27. The number of benzene rings is 1. The van der Waals surface area contributed by atoms with Crippen LogP contribution in [0.5, 0.6) is 5.75 Å². The van der Waals surface area contributed by atoms with Crippen LogP contribution in [0.1, 0.15) is 65.2 Å². The van der Waals surface area contributed by atoms with Gasteiger partial charge in [-0.3, -0.25) is 9.59 Å². The number of amides is 2. The van der Waals surface area contributed by atoms with Gasteiger partial charge in [-0.1, -0.05) is 18.2 Å². The van der Waals surface area contributed by atoms with Gasteiger partial charge in [-0.2, -0.15) is 0 Å². The first kappa shape index (κ1) is 19.6. The number of nitrogens with one attached hydrogen (secondary N) is 1. The SMILES string of the molecule is Cc1ccsc1C(=O)N1CCC2(CC1)C[C@H](CC(=O)NC1CC1)c1ccccc1O2. The third-order valence-electron chi connectivity index (χ3n) is 6.70. The Bertz CT molecular complexity index is 957. The van der Waals surface area contributed by atoms with E-state index in [4.69, 9.17) is 4.74 Å². The number of hydrogen-bond donors (Lipinski definition) is 1. The number of aryl methyl sites for hydroxylation is 1. The topological polar surface area (TPSA) is 58.6 Å². The lowest BCUT2D eigenvalue weighted by atomic mass is 9.76. The minimum atomic E-state index is -0.292. The van der Waals surface area contributed by atoms with Crippen LogP contribution in [0.15, 0.2) is 35.7 Å². The van der Waals surface area contributed by atoms with E-state index in [1.165, 1.54) is 11.3 Å². The van der Waals surface area contributed by atoms with Crippen molar-refractivity contribution in [3.05, 3.63) is 51.7 Å². The van der Waals surface area contributed by atoms with Crippen LogP contribution in [0.3, 0.4) is 0 Å². The van der Waals surface area contributed by atoms with Gasteiger partial charge in [0.25, 0.3) is 5.91 Å². The molecule has 1 N–H and O–H groups in total. The summed E-state index contributed by atoms with van der Waals surface area (Å²) >= 11 is 1.52. The average molecular weight is 425 g/mol. The Morgan fingerprint density at radius 3 is 2.67 bits per heavy atom. The molecule has 2 amide bonds. The lowest BCUT2D eigenvalue weighted by Gasteiger charge is -2.47. The van der Waals surface area contributed by atoms with Crippen molar-refractivity contribution in [3.8, 4) is 5.75 Å². The lowest BCUT2D eigenvalue weighted by Crippen LogP contribution is -2.52. The van der Waals surface area contributed by atoms with E-state index in [0.717, 1.165) is 53.9 Å². The Labute approximate surface area is 181 Å². The average Bonchev–Trinajstić information content (AvgIpc) is 3.44. The van der Waals surface area contributed by atoms with Gasteiger partial charge in [-0.25, -0.2) is 0 Å². The van der Waals surface area contributed by atoms with Crippen LogP contribution in [0, 0.1) is 6.92 Å². The quantitative estimate of drug-likeness (QED) is 0.798. The molecule has 0 radical (unpaired) electrons. The fourth-order valence-corrected chi connectivity index (χ4v) is 5.72. The first-order valence-corrected chi connectivity index (χ1v) is 11.8. The van der Waals surface area contributed by atoms with Gasteiger partial charge in [0.1, 0.15) is 11.4 Å². The van der Waals surface area contributed by atoms with Gasteiger partial charge in [0.2, 0.25) is 5.91 Å². The normalized spacial score (nSPS) is 22.3. The van der Waals surface area contributed by atoms with Gasteiger partial charge in [0.05, 0.1) is 4.88 Å². The molecule has 0 bridgehead atoms. The summed E-state index contributed by atoms with van der Waals surface area (Å²) in [6, 6.07) is 10.5. The number of likely N-dealkylation sites (tertiary alicyclic amines) is 1. The van der Waals surface area contributed by atoms with Crippen molar-refractivity contribution in [2.24, 2.45) is 0 Å². The van der Waals surface area contributed by atoms with Crippen molar-refractivity contribution in [1.82, 2.24) is 10.2 Å². The van der Waals surface area contributed by atoms with Crippen molar-refractivity contribution >= 4 is 23.2 Å². The number of para-hydroxylation sites is 1. The van der Waals surface area contributed by atoms with Gasteiger partial charge in [-0.15, -0.1) is 11.3 Å². The van der Waals surface area contributed by atoms with Gasteiger partial charge in [0.15, 0.2) is 0 Å². The Hall–Kier alpha value is -2.34. The maximum Gasteiger partial charge on any atom is 0.264 e. The van der Waals surface area contributed by atoms with Crippen molar-refractivity contribution < 1.29 is 14.3 Å². The number of rotatable bonds is 4. The lowest BCUT2D eigenvalue weighted by molar-refractivity contribution is -0.122. The zero-order valence-corrected chi connectivity index (χ0v) is 18.2. The highest BCUT2D eigenvalue weighted by Gasteiger charge is 2.44. The first-order chi connectivity index (χ1) is 14.5. The number of thiophene rings is 1. The molecule has 3 heterocycles. The number of fused-ring (bicyclic) bond motifs is 1. The number of carbonyl (C=O) groups is 2. The van der Waals surface area contributed by atoms with E-state index in [0.29, 0.717) is 25.6 Å². The molecule has 5 nitrogen and oxygen atoms in total. The number of hydrogen-bond acceptors (Lipinski definition) is 4. The van der Waals surface area contributed by atoms with Crippen LogP contribution in [0.25, 0.3) is 0 Å². The Morgan fingerprint density at radius 1 is 1.20 bits per heavy atom. The summed E-state index contributed by atoms with van der Waals surface area (Å²) < 4.78 is 6.54. The van der Waals surface area contributed by atoms with Crippen LogP contribution < -0.4 is 10.1 Å². The molecule has 3 aliphatic rings. The van der Waals surface area contributed by atoms with E-state index in [1.807, 2.05) is 41.5 Å². The highest BCUT2D eigenvalue weighted by molar-refractivity contribution is 7.12. The van der Waals surface area contributed by atoms with Gasteiger partial charge in [-0.05, 0) is 54.8 Å². The molecule has 0 unspecified atom stereocenters. The molecular formula is C24H28N2O3S. The molecule has 1 saturated carbocycles. The third-order valence-corrected chi connectivity index (χ3v) is 7.70. The van der Waals surface area contributed by atoms with Gasteiger partial charge < -0.3 is 15.0 Å². The molecule has 1 aliphatic carbocycles.